The third kappa shape index (κ3) is 6.53. The van der Waals surface area contributed by atoms with E-state index in [1.165, 1.54) is 12.1 Å². The first-order valence-electron chi connectivity index (χ1n) is 6.11. The normalized spacial score (nSPS) is 14.9. The van der Waals surface area contributed by atoms with E-state index in [2.05, 4.69) is 64.5 Å². The van der Waals surface area contributed by atoms with Gasteiger partial charge in [-0.05, 0) is 12.1 Å². The average Bonchev–Trinajstić information content (AvgIpc) is 1.94. The van der Waals surface area contributed by atoms with Gasteiger partial charge in [0.25, 0.3) is 0 Å². The highest BCUT2D eigenvalue weighted by atomic mass is 29.3. The monoisotopic (exact) mass is 258 g/mol. The minimum atomic E-state index is -0.934. The average molecular weight is 259 g/mol. The van der Waals surface area contributed by atoms with E-state index in [9.17, 15) is 0 Å². The smallest absolute Gasteiger partial charge is 0.0480 e. The zero-order chi connectivity index (χ0) is 12.3. The van der Waals surface area contributed by atoms with Crippen LogP contribution in [0.3, 0.4) is 0 Å². The highest BCUT2D eigenvalue weighted by Gasteiger charge is 2.35. The van der Waals surface area contributed by atoms with Gasteiger partial charge in [-0.1, -0.05) is 64.5 Å². The molecule has 3 heteroatoms. The van der Waals surface area contributed by atoms with E-state index < -0.39 is 23.3 Å². The van der Waals surface area contributed by atoms with Crippen LogP contribution < -0.4 is 0 Å². The maximum atomic E-state index is 2.57. The lowest BCUT2D eigenvalue weighted by molar-refractivity contribution is 1.45. The summed E-state index contributed by atoms with van der Waals surface area (Å²) < 4.78 is 0. The molecule has 90 valence electrons. The minimum absolute atomic E-state index is 0.859. The van der Waals surface area contributed by atoms with Crippen molar-refractivity contribution in [2.75, 3.05) is 0 Å². The van der Waals surface area contributed by atoms with Crippen LogP contribution in [0.4, 0.5) is 0 Å². The minimum Gasteiger partial charge on any atom is -0.0917 e. The summed E-state index contributed by atoms with van der Waals surface area (Å²) in [5.74, 6) is 0. The van der Waals surface area contributed by atoms with Gasteiger partial charge in [0.2, 0.25) is 0 Å². The third-order valence-corrected chi connectivity index (χ3v) is 23.1. The molecule has 0 heterocycles. The second-order valence-corrected chi connectivity index (χ2v) is 30.3. The Kier molecular flexibility index (Phi) is 5.28. The van der Waals surface area contributed by atoms with Crippen LogP contribution >= 0.6 is 0 Å². The standard InChI is InChI=1S/C12H30Si3/c1-13(2,3)11-9-10-12-15(7,8)14(4,5)6/h9-10H,11-12H2,1-8H3. The zero-order valence-electron chi connectivity index (χ0n) is 12.1. The molecule has 0 radical (unpaired) electrons. The molecule has 0 atom stereocenters. The summed E-state index contributed by atoms with van der Waals surface area (Å²) in [4.78, 5) is 0. The molecular weight excluding hydrogens is 228 g/mol. The fraction of sp³-hybridized carbons (Fsp3) is 0.833. The SMILES string of the molecule is C[Si](C)(C)CC=CC[Si](C)(C)[Si](C)(C)C. The Morgan fingerprint density at radius 1 is 0.667 bits per heavy atom. The molecule has 0 rings (SSSR count). The number of hydrogen-bond donors (Lipinski definition) is 0. The molecule has 0 N–H and O–H groups in total. The van der Waals surface area contributed by atoms with Crippen molar-refractivity contribution in [1.29, 1.82) is 0 Å². The van der Waals surface area contributed by atoms with E-state index >= 15 is 0 Å². The van der Waals surface area contributed by atoms with Gasteiger partial charge in [0.1, 0.15) is 0 Å². The highest BCUT2D eigenvalue weighted by molar-refractivity contribution is 7.40. The van der Waals surface area contributed by atoms with Gasteiger partial charge >= 0.3 is 0 Å². The van der Waals surface area contributed by atoms with Gasteiger partial charge in [0.15, 0.2) is 0 Å². The molecule has 0 aliphatic rings. The van der Waals surface area contributed by atoms with Gasteiger partial charge < -0.3 is 0 Å². The first kappa shape index (κ1) is 15.4. The molecule has 0 saturated heterocycles. The molecule has 0 fully saturated rings. The summed E-state index contributed by atoms with van der Waals surface area (Å²) in [5.41, 5.74) is 0. The molecule has 0 unspecified atom stereocenters. The highest BCUT2D eigenvalue weighted by Crippen LogP contribution is 2.23. The molecule has 0 aliphatic heterocycles. The van der Waals surface area contributed by atoms with Crippen LogP contribution in [-0.2, 0) is 0 Å². The van der Waals surface area contributed by atoms with Crippen LogP contribution in [0, 0.1) is 0 Å². The predicted octanol–water partition coefficient (Wildman–Crippen LogP) is 5.01. The second kappa shape index (κ2) is 5.15. The van der Waals surface area contributed by atoms with E-state index in [1.807, 2.05) is 0 Å². The second-order valence-electron chi connectivity index (χ2n) is 7.57. The zero-order valence-corrected chi connectivity index (χ0v) is 15.1. The molecule has 0 aliphatic carbocycles. The van der Waals surface area contributed by atoms with Crippen LogP contribution in [0.1, 0.15) is 0 Å². The summed E-state index contributed by atoms with van der Waals surface area (Å²) in [6.07, 6.45) is 4.95. The topological polar surface area (TPSA) is 0 Å². The largest absolute Gasteiger partial charge is 0.0917 e. The van der Waals surface area contributed by atoms with Crippen LogP contribution in [-0.4, -0.2) is 23.3 Å². The van der Waals surface area contributed by atoms with Crippen LogP contribution in [0.5, 0.6) is 0 Å². The van der Waals surface area contributed by atoms with Gasteiger partial charge in [0, 0.05) is 23.3 Å². The Balaban J connectivity index is 4.17. The quantitative estimate of drug-likeness (QED) is 0.480. The Bertz CT molecular complexity index is 216. The van der Waals surface area contributed by atoms with Crippen molar-refractivity contribution >= 4 is 23.3 Å². The van der Waals surface area contributed by atoms with Crippen LogP contribution in [0.25, 0.3) is 0 Å². The van der Waals surface area contributed by atoms with Gasteiger partial charge in [0.05, 0.1) is 0 Å². The van der Waals surface area contributed by atoms with Gasteiger partial charge in [-0.2, -0.15) is 0 Å². The molecule has 0 aromatic carbocycles. The number of hydrogen-bond acceptors (Lipinski definition) is 0. The molecule has 0 spiro atoms. The predicted molar refractivity (Wildman–Crippen MR) is 82.9 cm³/mol. The molecule has 0 nitrogen and oxygen atoms in total. The fourth-order valence-electron chi connectivity index (χ4n) is 1.12. The van der Waals surface area contributed by atoms with E-state index in [0.29, 0.717) is 0 Å². The van der Waals surface area contributed by atoms with Crippen LogP contribution in [0.2, 0.25) is 64.5 Å². The van der Waals surface area contributed by atoms with Crippen molar-refractivity contribution in [1.82, 2.24) is 0 Å². The summed E-state index contributed by atoms with van der Waals surface area (Å²) in [6.45, 7) is 20.1. The third-order valence-electron chi connectivity index (χ3n) is 3.56. The summed E-state index contributed by atoms with van der Waals surface area (Å²) >= 11 is 0. The molecule has 15 heavy (non-hydrogen) atoms. The van der Waals surface area contributed by atoms with Crippen molar-refractivity contribution in [3.05, 3.63) is 12.2 Å². The Morgan fingerprint density at radius 2 is 1.07 bits per heavy atom. The van der Waals surface area contributed by atoms with E-state index in [0.717, 1.165) is 0 Å². The molecule has 0 saturated carbocycles. The summed E-state index contributed by atoms with van der Waals surface area (Å²) in [6, 6.07) is 2.75. The van der Waals surface area contributed by atoms with E-state index in [1.54, 1.807) is 0 Å². The van der Waals surface area contributed by atoms with Gasteiger partial charge in [-0.25, -0.2) is 0 Å². The van der Waals surface area contributed by atoms with Crippen molar-refractivity contribution in [2.24, 2.45) is 0 Å². The Labute approximate surface area is 100.0 Å². The lowest BCUT2D eigenvalue weighted by Gasteiger charge is -2.34. The van der Waals surface area contributed by atoms with Crippen molar-refractivity contribution in [3.8, 4) is 0 Å². The lowest BCUT2D eigenvalue weighted by atomic mass is 10.6. The molecule has 0 aromatic rings. The first-order chi connectivity index (χ1) is 6.46. The molecular formula is C12H30Si3. The number of allylic oxidation sites excluding steroid dienone is 2. The summed E-state index contributed by atoms with van der Waals surface area (Å²) in [7, 11) is -2.67. The van der Waals surface area contributed by atoms with E-state index in [4.69, 9.17) is 0 Å². The van der Waals surface area contributed by atoms with Crippen molar-refractivity contribution in [3.63, 3.8) is 0 Å². The van der Waals surface area contributed by atoms with Crippen molar-refractivity contribution < 1.29 is 0 Å². The summed E-state index contributed by atoms with van der Waals surface area (Å²) in [5, 5.41) is 0. The maximum Gasteiger partial charge on any atom is 0.0480 e. The molecule has 0 amide bonds. The lowest BCUT2D eigenvalue weighted by Crippen LogP contribution is -2.51. The van der Waals surface area contributed by atoms with E-state index in [-0.39, 0.29) is 0 Å². The number of rotatable bonds is 5. The first-order valence-corrected chi connectivity index (χ1v) is 17.5. The Hall–Kier alpha value is 0.391. The van der Waals surface area contributed by atoms with Gasteiger partial charge in [-0.3, -0.25) is 0 Å². The molecule has 0 bridgehead atoms. The van der Waals surface area contributed by atoms with Gasteiger partial charge in [-0.15, -0.1) is 0 Å². The fourth-order valence-corrected chi connectivity index (χ4v) is 5.55. The van der Waals surface area contributed by atoms with Crippen LogP contribution in [0.15, 0.2) is 12.2 Å². The molecule has 0 aromatic heterocycles. The Morgan fingerprint density at radius 3 is 1.40 bits per heavy atom. The maximum absolute atomic E-state index is 2.57. The van der Waals surface area contributed by atoms with Crippen molar-refractivity contribution in [2.45, 2.75) is 64.5 Å².